The van der Waals surface area contributed by atoms with Crippen molar-refractivity contribution in [1.82, 2.24) is 4.90 Å². The number of carbonyl (C=O) groups is 1. The fourth-order valence-corrected chi connectivity index (χ4v) is 0.881. The van der Waals surface area contributed by atoms with Crippen LogP contribution in [-0.4, -0.2) is 36.6 Å². The molecule has 0 bridgehead atoms. The van der Waals surface area contributed by atoms with E-state index in [9.17, 15) is 4.79 Å². The monoisotopic (exact) mass is 155 g/mol. The van der Waals surface area contributed by atoms with Gasteiger partial charge in [0.1, 0.15) is 6.10 Å². The van der Waals surface area contributed by atoms with Crippen LogP contribution in [0.5, 0.6) is 0 Å². The maximum absolute atomic E-state index is 10.5. The van der Waals surface area contributed by atoms with Gasteiger partial charge in [0.25, 0.3) is 0 Å². The van der Waals surface area contributed by atoms with E-state index in [0.29, 0.717) is 0 Å². The van der Waals surface area contributed by atoms with Crippen molar-refractivity contribution in [1.29, 1.82) is 0 Å². The summed E-state index contributed by atoms with van der Waals surface area (Å²) >= 11 is 0. The summed E-state index contributed by atoms with van der Waals surface area (Å²) in [6.45, 7) is 8.03. The second-order valence-corrected chi connectivity index (χ2v) is 2.68. The molecule has 3 heteroatoms. The minimum atomic E-state index is -0.239. The van der Waals surface area contributed by atoms with Gasteiger partial charge >= 0.3 is 5.97 Å². The first-order valence-corrected chi connectivity index (χ1v) is 3.74. The largest absolute Gasteiger partial charge is 0.457 e. The van der Waals surface area contributed by atoms with Gasteiger partial charge in [0.05, 0.1) is 0 Å². The summed E-state index contributed by atoms with van der Waals surface area (Å²) in [5, 5.41) is 0. The lowest BCUT2D eigenvalue weighted by molar-refractivity contribution is -0.144. The van der Waals surface area contributed by atoms with Crippen molar-refractivity contribution in [3.8, 4) is 0 Å². The summed E-state index contributed by atoms with van der Waals surface area (Å²) in [6.07, 6.45) is 1.54. The van der Waals surface area contributed by atoms with Crippen LogP contribution in [0.2, 0.25) is 0 Å². The fourth-order valence-electron chi connectivity index (χ4n) is 0.881. The number of ether oxygens (including phenoxy) is 1. The van der Waals surface area contributed by atoms with Gasteiger partial charge in [-0.25, -0.2) is 0 Å². The molecule has 0 aromatic carbocycles. The molecular formula is C8H13NO2. The summed E-state index contributed by atoms with van der Waals surface area (Å²) in [4.78, 5) is 12.7. The molecule has 0 N–H and O–H groups in total. The van der Waals surface area contributed by atoms with E-state index in [-0.39, 0.29) is 12.1 Å². The van der Waals surface area contributed by atoms with Gasteiger partial charge in [0.2, 0.25) is 0 Å². The molecule has 0 amide bonds. The molecule has 0 saturated carbocycles. The van der Waals surface area contributed by atoms with Crippen molar-refractivity contribution in [2.45, 2.75) is 13.0 Å². The van der Waals surface area contributed by atoms with Crippen LogP contribution in [-0.2, 0) is 9.53 Å². The molecule has 3 nitrogen and oxygen atoms in total. The SMILES string of the molecule is C=C[C@@H](CN1CC1)OC(C)=O. The van der Waals surface area contributed by atoms with E-state index in [1.165, 1.54) is 6.92 Å². The molecular weight excluding hydrogens is 142 g/mol. The first kappa shape index (κ1) is 8.27. The minimum absolute atomic E-state index is 0.130. The van der Waals surface area contributed by atoms with E-state index < -0.39 is 0 Å². The maximum Gasteiger partial charge on any atom is 0.303 e. The summed E-state index contributed by atoms with van der Waals surface area (Å²) in [5.74, 6) is -0.239. The molecule has 0 aliphatic carbocycles. The van der Waals surface area contributed by atoms with Gasteiger partial charge in [0, 0.05) is 26.6 Å². The zero-order chi connectivity index (χ0) is 8.27. The lowest BCUT2D eigenvalue weighted by Crippen LogP contribution is -2.22. The average Bonchev–Trinajstić information content (AvgIpc) is 2.69. The highest BCUT2D eigenvalue weighted by atomic mass is 16.5. The van der Waals surface area contributed by atoms with Crippen molar-refractivity contribution in [2.75, 3.05) is 19.6 Å². The fraction of sp³-hybridized carbons (Fsp3) is 0.625. The third-order valence-corrected chi connectivity index (χ3v) is 1.56. The molecule has 0 spiro atoms. The van der Waals surface area contributed by atoms with Crippen molar-refractivity contribution < 1.29 is 9.53 Å². The Morgan fingerprint density at radius 3 is 2.82 bits per heavy atom. The van der Waals surface area contributed by atoms with Crippen LogP contribution in [0.3, 0.4) is 0 Å². The standard InChI is InChI=1S/C8H13NO2/c1-3-8(11-7(2)10)6-9-4-5-9/h3,8H,1,4-6H2,2H3/t8-/m0/s1. The van der Waals surface area contributed by atoms with Crippen molar-refractivity contribution in [3.63, 3.8) is 0 Å². The number of rotatable bonds is 4. The third-order valence-electron chi connectivity index (χ3n) is 1.56. The van der Waals surface area contributed by atoms with Gasteiger partial charge < -0.3 is 4.74 Å². The van der Waals surface area contributed by atoms with E-state index in [1.54, 1.807) is 6.08 Å². The Hall–Kier alpha value is -0.830. The van der Waals surface area contributed by atoms with Crippen LogP contribution in [0.25, 0.3) is 0 Å². The van der Waals surface area contributed by atoms with E-state index >= 15 is 0 Å². The molecule has 1 rings (SSSR count). The molecule has 0 aromatic rings. The predicted octanol–water partition coefficient (Wildman–Crippen LogP) is 0.420. The number of esters is 1. The van der Waals surface area contributed by atoms with Gasteiger partial charge in [-0.05, 0) is 0 Å². The Balaban J connectivity index is 2.22. The third kappa shape index (κ3) is 3.18. The summed E-state index contributed by atoms with van der Waals surface area (Å²) < 4.78 is 4.95. The van der Waals surface area contributed by atoms with Crippen LogP contribution < -0.4 is 0 Å². The van der Waals surface area contributed by atoms with Gasteiger partial charge in [-0.15, -0.1) is 0 Å². The van der Waals surface area contributed by atoms with E-state index in [1.807, 2.05) is 0 Å². The molecule has 1 aliphatic heterocycles. The zero-order valence-corrected chi connectivity index (χ0v) is 6.75. The zero-order valence-electron chi connectivity index (χ0n) is 6.75. The molecule has 0 aromatic heterocycles. The molecule has 62 valence electrons. The lowest BCUT2D eigenvalue weighted by atomic mass is 10.3. The quantitative estimate of drug-likeness (QED) is 0.335. The Morgan fingerprint density at radius 2 is 2.45 bits per heavy atom. The Bertz CT molecular complexity index is 163. The van der Waals surface area contributed by atoms with E-state index in [2.05, 4.69) is 11.5 Å². The summed E-state index contributed by atoms with van der Waals surface area (Å²) in [5.41, 5.74) is 0. The normalized spacial score (nSPS) is 19.0. The van der Waals surface area contributed by atoms with Crippen molar-refractivity contribution >= 4 is 5.97 Å². The Labute approximate surface area is 66.6 Å². The first-order chi connectivity index (χ1) is 5.22. The lowest BCUT2D eigenvalue weighted by Gasteiger charge is -2.12. The molecule has 0 radical (unpaired) electrons. The molecule has 1 aliphatic rings. The molecule has 1 saturated heterocycles. The number of carbonyl (C=O) groups excluding carboxylic acids is 1. The maximum atomic E-state index is 10.5. The van der Waals surface area contributed by atoms with Crippen LogP contribution in [0.15, 0.2) is 12.7 Å². The molecule has 1 heterocycles. The highest BCUT2D eigenvalue weighted by Gasteiger charge is 2.21. The second-order valence-electron chi connectivity index (χ2n) is 2.68. The Kier molecular flexibility index (Phi) is 2.65. The smallest absolute Gasteiger partial charge is 0.303 e. The summed E-state index contributed by atoms with van der Waals surface area (Å²) in [7, 11) is 0. The van der Waals surface area contributed by atoms with Crippen LogP contribution in [0.4, 0.5) is 0 Å². The summed E-state index contributed by atoms with van der Waals surface area (Å²) in [6, 6.07) is 0. The number of nitrogens with zero attached hydrogens (tertiary/aromatic N) is 1. The molecule has 11 heavy (non-hydrogen) atoms. The molecule has 1 fully saturated rings. The minimum Gasteiger partial charge on any atom is -0.457 e. The Morgan fingerprint density at radius 1 is 1.82 bits per heavy atom. The van der Waals surface area contributed by atoms with Gasteiger partial charge in [-0.3, -0.25) is 9.69 Å². The topological polar surface area (TPSA) is 29.3 Å². The van der Waals surface area contributed by atoms with E-state index in [0.717, 1.165) is 19.6 Å². The van der Waals surface area contributed by atoms with Crippen LogP contribution >= 0.6 is 0 Å². The predicted molar refractivity (Wildman–Crippen MR) is 42.2 cm³/mol. The van der Waals surface area contributed by atoms with Crippen molar-refractivity contribution in [3.05, 3.63) is 12.7 Å². The highest BCUT2D eigenvalue weighted by molar-refractivity contribution is 5.66. The van der Waals surface area contributed by atoms with Crippen LogP contribution in [0.1, 0.15) is 6.92 Å². The second kappa shape index (κ2) is 3.53. The highest BCUT2D eigenvalue weighted by Crippen LogP contribution is 2.07. The van der Waals surface area contributed by atoms with Crippen molar-refractivity contribution in [2.24, 2.45) is 0 Å². The average molecular weight is 155 g/mol. The molecule has 0 unspecified atom stereocenters. The van der Waals surface area contributed by atoms with E-state index in [4.69, 9.17) is 4.74 Å². The van der Waals surface area contributed by atoms with Gasteiger partial charge in [-0.1, -0.05) is 12.7 Å². The number of hydrogen-bond acceptors (Lipinski definition) is 3. The van der Waals surface area contributed by atoms with Crippen LogP contribution in [0, 0.1) is 0 Å². The van der Waals surface area contributed by atoms with Gasteiger partial charge in [-0.2, -0.15) is 0 Å². The van der Waals surface area contributed by atoms with Gasteiger partial charge in [0.15, 0.2) is 0 Å². The first-order valence-electron chi connectivity index (χ1n) is 3.74. The number of hydrogen-bond donors (Lipinski definition) is 0. The molecule has 1 atom stereocenters.